The van der Waals surface area contributed by atoms with Crippen LogP contribution in [-0.4, -0.2) is 24.2 Å². The van der Waals surface area contributed by atoms with E-state index in [1.165, 1.54) is 5.56 Å². The maximum absolute atomic E-state index is 11.3. The highest BCUT2D eigenvalue weighted by Crippen LogP contribution is 2.51. The molecule has 1 fully saturated rings. The number of carbonyl (C=O) groups is 1. The molecule has 1 aliphatic carbocycles. The summed E-state index contributed by atoms with van der Waals surface area (Å²) in [6.45, 7) is 2.95. The first-order chi connectivity index (χ1) is 9.20. The molecule has 0 aromatic heterocycles. The highest BCUT2D eigenvalue weighted by molar-refractivity contribution is 5.75. The van der Waals surface area contributed by atoms with Crippen LogP contribution in [0.5, 0.6) is 5.75 Å². The van der Waals surface area contributed by atoms with E-state index in [-0.39, 0.29) is 5.91 Å². The van der Waals surface area contributed by atoms with Gasteiger partial charge >= 0.3 is 0 Å². The summed E-state index contributed by atoms with van der Waals surface area (Å²) in [7, 11) is 0. The topological polar surface area (TPSA) is 58.6 Å². The van der Waals surface area contributed by atoms with Crippen molar-refractivity contribution < 1.29 is 14.6 Å². The number of aliphatic hydroxyl groups is 1. The van der Waals surface area contributed by atoms with Crippen LogP contribution in [0.1, 0.15) is 42.9 Å². The lowest BCUT2D eigenvalue weighted by atomic mass is 9.98. The van der Waals surface area contributed by atoms with Crippen molar-refractivity contribution in [3.63, 3.8) is 0 Å². The van der Waals surface area contributed by atoms with E-state index in [4.69, 9.17) is 4.74 Å². The van der Waals surface area contributed by atoms with Gasteiger partial charge < -0.3 is 15.2 Å². The van der Waals surface area contributed by atoms with Gasteiger partial charge in [-0.05, 0) is 29.9 Å². The summed E-state index contributed by atoms with van der Waals surface area (Å²) in [4.78, 5) is 11.3. The lowest BCUT2D eigenvalue weighted by Crippen LogP contribution is -2.24. The standard InChI is InChI=1S/C15H19NO3/c1-2-14(18)16-7-9-6-11(9)10-4-3-5-13-15(10)12(17)8-19-13/h3-5,9,11-12,17H,2,6-8H2,1H3,(H,16,18)/t9-,11+,12-/m0/s1. The molecule has 1 heterocycles. The third-order valence-corrected chi connectivity index (χ3v) is 4.03. The van der Waals surface area contributed by atoms with E-state index in [9.17, 15) is 9.90 Å². The number of benzene rings is 1. The quantitative estimate of drug-likeness (QED) is 0.868. The SMILES string of the molecule is CCC(=O)NC[C@@H]1C[C@H]1c1cccc2c1[C@@H](O)CO2. The molecule has 19 heavy (non-hydrogen) atoms. The second-order valence-electron chi connectivity index (χ2n) is 5.35. The Labute approximate surface area is 112 Å². The number of hydrogen-bond donors (Lipinski definition) is 2. The van der Waals surface area contributed by atoms with E-state index >= 15 is 0 Å². The second kappa shape index (κ2) is 4.85. The molecule has 102 valence electrons. The van der Waals surface area contributed by atoms with Crippen LogP contribution < -0.4 is 10.1 Å². The largest absolute Gasteiger partial charge is 0.490 e. The van der Waals surface area contributed by atoms with E-state index in [0.29, 0.717) is 24.9 Å². The van der Waals surface area contributed by atoms with Crippen molar-refractivity contribution in [3.05, 3.63) is 29.3 Å². The molecule has 1 aromatic rings. The monoisotopic (exact) mass is 261 g/mol. The zero-order chi connectivity index (χ0) is 13.4. The van der Waals surface area contributed by atoms with E-state index in [1.807, 2.05) is 19.1 Å². The number of hydrogen-bond acceptors (Lipinski definition) is 3. The molecule has 4 heteroatoms. The van der Waals surface area contributed by atoms with Crippen LogP contribution in [0, 0.1) is 5.92 Å². The summed E-state index contributed by atoms with van der Waals surface area (Å²) in [5.41, 5.74) is 2.15. The van der Waals surface area contributed by atoms with Crippen molar-refractivity contribution in [1.29, 1.82) is 0 Å². The molecule has 0 spiro atoms. The number of amides is 1. The Kier molecular flexibility index (Phi) is 3.19. The van der Waals surface area contributed by atoms with Gasteiger partial charge in [0.15, 0.2) is 0 Å². The first-order valence-corrected chi connectivity index (χ1v) is 6.91. The van der Waals surface area contributed by atoms with Crippen LogP contribution in [0.4, 0.5) is 0 Å². The molecule has 0 saturated heterocycles. The van der Waals surface area contributed by atoms with E-state index in [1.54, 1.807) is 0 Å². The minimum atomic E-state index is -0.502. The fraction of sp³-hybridized carbons (Fsp3) is 0.533. The van der Waals surface area contributed by atoms with Gasteiger partial charge in [-0.25, -0.2) is 0 Å². The van der Waals surface area contributed by atoms with Gasteiger partial charge in [-0.15, -0.1) is 0 Å². The Balaban J connectivity index is 1.69. The molecule has 1 saturated carbocycles. The minimum Gasteiger partial charge on any atom is -0.490 e. The smallest absolute Gasteiger partial charge is 0.219 e. The number of rotatable bonds is 4. The Morgan fingerprint density at radius 1 is 1.53 bits per heavy atom. The summed E-state index contributed by atoms with van der Waals surface area (Å²) in [6, 6.07) is 5.96. The Morgan fingerprint density at radius 2 is 2.37 bits per heavy atom. The first kappa shape index (κ1) is 12.5. The fourth-order valence-corrected chi connectivity index (χ4v) is 2.84. The molecule has 0 unspecified atom stereocenters. The molecule has 0 bridgehead atoms. The maximum atomic E-state index is 11.3. The van der Waals surface area contributed by atoms with Gasteiger partial charge in [0.1, 0.15) is 18.5 Å². The second-order valence-corrected chi connectivity index (χ2v) is 5.35. The molecule has 4 nitrogen and oxygen atoms in total. The van der Waals surface area contributed by atoms with Crippen LogP contribution in [0.25, 0.3) is 0 Å². The van der Waals surface area contributed by atoms with Crippen molar-refractivity contribution in [2.45, 2.75) is 31.8 Å². The predicted octanol–water partition coefficient (Wildman–Crippen LogP) is 1.74. The zero-order valence-electron chi connectivity index (χ0n) is 11.1. The molecule has 2 aliphatic rings. The number of nitrogens with one attached hydrogen (secondary N) is 1. The van der Waals surface area contributed by atoms with Crippen LogP contribution in [0.15, 0.2) is 18.2 Å². The van der Waals surface area contributed by atoms with Crippen LogP contribution in [0.3, 0.4) is 0 Å². The third kappa shape index (κ3) is 2.32. The highest BCUT2D eigenvalue weighted by atomic mass is 16.5. The van der Waals surface area contributed by atoms with E-state index in [2.05, 4.69) is 11.4 Å². The van der Waals surface area contributed by atoms with Crippen LogP contribution in [-0.2, 0) is 4.79 Å². The normalized spacial score (nSPS) is 27.6. The van der Waals surface area contributed by atoms with Gasteiger partial charge in [-0.2, -0.15) is 0 Å². The van der Waals surface area contributed by atoms with Gasteiger partial charge in [-0.1, -0.05) is 19.1 Å². The number of aliphatic hydroxyl groups excluding tert-OH is 1. The molecule has 0 radical (unpaired) electrons. The third-order valence-electron chi connectivity index (χ3n) is 4.03. The van der Waals surface area contributed by atoms with Gasteiger partial charge in [-0.3, -0.25) is 4.79 Å². The van der Waals surface area contributed by atoms with Gasteiger partial charge in [0.25, 0.3) is 0 Å². The molecule has 1 amide bonds. The highest BCUT2D eigenvalue weighted by Gasteiger charge is 2.41. The lowest BCUT2D eigenvalue weighted by molar-refractivity contribution is -0.120. The van der Waals surface area contributed by atoms with Crippen LogP contribution >= 0.6 is 0 Å². The molecule has 3 atom stereocenters. The predicted molar refractivity (Wildman–Crippen MR) is 71.0 cm³/mol. The van der Waals surface area contributed by atoms with E-state index in [0.717, 1.165) is 24.3 Å². The summed E-state index contributed by atoms with van der Waals surface area (Å²) in [5, 5.41) is 12.9. The number of carbonyl (C=O) groups excluding carboxylic acids is 1. The molecule has 2 N–H and O–H groups in total. The maximum Gasteiger partial charge on any atom is 0.219 e. The van der Waals surface area contributed by atoms with Crippen LogP contribution in [0.2, 0.25) is 0 Å². The lowest BCUT2D eigenvalue weighted by Gasteiger charge is -2.09. The molecular weight excluding hydrogens is 242 g/mol. The molecule has 1 aliphatic heterocycles. The van der Waals surface area contributed by atoms with Crippen molar-refractivity contribution >= 4 is 5.91 Å². The minimum absolute atomic E-state index is 0.104. The Morgan fingerprint density at radius 3 is 3.16 bits per heavy atom. The molecule has 3 rings (SSSR count). The molecule has 1 aromatic carbocycles. The van der Waals surface area contributed by atoms with Crippen molar-refractivity contribution in [2.24, 2.45) is 5.92 Å². The average Bonchev–Trinajstić information content (AvgIpc) is 3.12. The summed E-state index contributed by atoms with van der Waals surface area (Å²) in [5.74, 6) is 1.86. The van der Waals surface area contributed by atoms with Crippen molar-refractivity contribution in [3.8, 4) is 5.75 Å². The van der Waals surface area contributed by atoms with Gasteiger partial charge in [0.2, 0.25) is 5.91 Å². The van der Waals surface area contributed by atoms with Gasteiger partial charge in [0.05, 0.1) is 0 Å². The number of fused-ring (bicyclic) bond motifs is 1. The fourth-order valence-electron chi connectivity index (χ4n) is 2.84. The summed E-state index contributed by atoms with van der Waals surface area (Å²) in [6.07, 6.45) is 1.11. The average molecular weight is 261 g/mol. The first-order valence-electron chi connectivity index (χ1n) is 6.91. The van der Waals surface area contributed by atoms with E-state index < -0.39 is 6.10 Å². The zero-order valence-corrected chi connectivity index (χ0v) is 11.1. The summed E-state index contributed by atoms with van der Waals surface area (Å²) >= 11 is 0. The van der Waals surface area contributed by atoms with Crippen molar-refractivity contribution in [1.82, 2.24) is 5.32 Å². The van der Waals surface area contributed by atoms with Crippen molar-refractivity contribution in [2.75, 3.05) is 13.2 Å². The van der Waals surface area contributed by atoms with Gasteiger partial charge in [0, 0.05) is 18.5 Å². The Hall–Kier alpha value is -1.55. The summed E-state index contributed by atoms with van der Waals surface area (Å²) < 4.78 is 5.46. The number of ether oxygens (including phenoxy) is 1. The Bertz CT molecular complexity index is 500. The molecular formula is C15H19NO3.